The molecule has 2 saturated heterocycles. The molecular formula is C18H27Cl2F2N3O. The first-order valence-electron chi connectivity index (χ1n) is 8.65. The summed E-state index contributed by atoms with van der Waals surface area (Å²) in [5.41, 5.74) is 1.85. The third-order valence-corrected chi connectivity index (χ3v) is 4.93. The van der Waals surface area contributed by atoms with E-state index in [1.807, 2.05) is 24.3 Å². The molecule has 1 unspecified atom stereocenters. The van der Waals surface area contributed by atoms with Gasteiger partial charge in [-0.15, -0.1) is 24.8 Å². The van der Waals surface area contributed by atoms with Crippen molar-refractivity contribution in [1.29, 1.82) is 0 Å². The number of likely N-dealkylation sites (tertiary alicyclic amines) is 1. The molecule has 2 N–H and O–H groups in total. The van der Waals surface area contributed by atoms with Gasteiger partial charge in [0.2, 0.25) is 5.91 Å². The molecule has 0 saturated carbocycles. The lowest BCUT2D eigenvalue weighted by Crippen LogP contribution is -2.35. The number of nitrogens with one attached hydrogen (secondary N) is 2. The van der Waals surface area contributed by atoms with Crippen LogP contribution in [0.1, 0.15) is 31.7 Å². The summed E-state index contributed by atoms with van der Waals surface area (Å²) in [5, 5.41) is 5.28. The van der Waals surface area contributed by atoms with E-state index in [-0.39, 0.29) is 24.8 Å². The Hall–Kier alpha value is -0.950. The molecule has 8 heteroatoms. The van der Waals surface area contributed by atoms with Gasteiger partial charge in [-0.2, -0.15) is 0 Å². The Morgan fingerprint density at radius 1 is 1.23 bits per heavy atom. The third kappa shape index (κ3) is 6.34. The smallest absolute Gasteiger partial charge is 0.262 e. The minimum absolute atomic E-state index is 0. The molecule has 0 aromatic heterocycles. The first-order valence-corrected chi connectivity index (χ1v) is 8.65. The number of benzene rings is 1. The highest BCUT2D eigenvalue weighted by molar-refractivity contribution is 5.95. The predicted octanol–water partition coefficient (Wildman–Crippen LogP) is 3.70. The van der Waals surface area contributed by atoms with Crippen molar-refractivity contribution in [2.75, 3.05) is 25.0 Å². The Labute approximate surface area is 165 Å². The molecule has 0 bridgehead atoms. The molecule has 1 atom stereocenters. The van der Waals surface area contributed by atoms with E-state index in [1.54, 1.807) is 0 Å². The van der Waals surface area contributed by atoms with Gasteiger partial charge in [-0.25, -0.2) is 8.78 Å². The maximum Gasteiger partial charge on any atom is 0.262 e. The number of hydrogen-bond donors (Lipinski definition) is 2. The van der Waals surface area contributed by atoms with Crippen molar-refractivity contribution in [3.05, 3.63) is 29.8 Å². The molecule has 1 aromatic carbocycles. The number of amides is 1. The van der Waals surface area contributed by atoms with E-state index in [2.05, 4.69) is 22.5 Å². The van der Waals surface area contributed by atoms with Gasteiger partial charge in [-0.3, -0.25) is 15.0 Å². The van der Waals surface area contributed by atoms with E-state index < -0.39 is 30.8 Å². The fourth-order valence-corrected chi connectivity index (χ4v) is 3.30. The van der Waals surface area contributed by atoms with Crippen LogP contribution < -0.4 is 10.6 Å². The van der Waals surface area contributed by atoms with E-state index in [9.17, 15) is 13.6 Å². The quantitative estimate of drug-likeness (QED) is 0.796. The number of carbonyl (C=O) groups excluding carboxylic acids is 1. The molecule has 2 heterocycles. The van der Waals surface area contributed by atoms with Crippen molar-refractivity contribution in [2.45, 2.75) is 44.7 Å². The van der Waals surface area contributed by atoms with Crippen LogP contribution in [-0.2, 0) is 11.3 Å². The minimum atomic E-state index is -2.79. The van der Waals surface area contributed by atoms with Gasteiger partial charge in [-0.1, -0.05) is 19.1 Å². The number of alkyl halides is 2. The average molecular weight is 410 g/mol. The molecule has 148 valence electrons. The largest absolute Gasteiger partial charge is 0.325 e. The number of nitrogens with zero attached hydrogens (tertiary/aromatic N) is 1. The average Bonchev–Trinajstić information content (AvgIpc) is 2.92. The first kappa shape index (κ1) is 23.1. The summed E-state index contributed by atoms with van der Waals surface area (Å²) in [6, 6.07) is 6.84. The second kappa shape index (κ2) is 9.83. The Kier molecular flexibility index (Phi) is 8.73. The molecule has 2 aliphatic heterocycles. The SMILES string of the molecule is CC1CCN(Cc2ccc(NC(=O)C3CC(F)(F)CN3)cc2)CC1.Cl.Cl. The second-order valence-corrected chi connectivity index (χ2v) is 7.14. The van der Waals surface area contributed by atoms with Gasteiger partial charge in [0.05, 0.1) is 12.6 Å². The number of rotatable bonds is 4. The van der Waals surface area contributed by atoms with Gasteiger partial charge in [-0.05, 0) is 49.5 Å². The van der Waals surface area contributed by atoms with E-state index in [0.29, 0.717) is 5.69 Å². The van der Waals surface area contributed by atoms with Crippen LogP contribution >= 0.6 is 24.8 Å². The summed E-state index contributed by atoms with van der Waals surface area (Å²) in [4.78, 5) is 14.5. The fraction of sp³-hybridized carbons (Fsp3) is 0.611. The predicted molar refractivity (Wildman–Crippen MR) is 105 cm³/mol. The van der Waals surface area contributed by atoms with Crippen LogP contribution in [-0.4, -0.2) is 42.4 Å². The van der Waals surface area contributed by atoms with Gasteiger partial charge >= 0.3 is 0 Å². The standard InChI is InChI=1S/C18H25F2N3O.2ClH/c1-13-6-8-23(9-7-13)11-14-2-4-15(5-3-14)22-17(24)16-10-18(19,20)12-21-16;;/h2-5,13,16,21H,6-12H2,1H3,(H,22,24);2*1H. The summed E-state index contributed by atoms with van der Waals surface area (Å²) in [5.74, 6) is -2.38. The van der Waals surface area contributed by atoms with Crippen LogP contribution in [0.2, 0.25) is 0 Å². The van der Waals surface area contributed by atoms with Crippen molar-refractivity contribution in [3.63, 3.8) is 0 Å². The zero-order valence-corrected chi connectivity index (χ0v) is 16.5. The first-order chi connectivity index (χ1) is 11.4. The van der Waals surface area contributed by atoms with Crippen molar-refractivity contribution in [2.24, 2.45) is 5.92 Å². The highest BCUT2D eigenvalue weighted by Gasteiger charge is 2.42. The van der Waals surface area contributed by atoms with E-state index in [4.69, 9.17) is 0 Å². The summed E-state index contributed by atoms with van der Waals surface area (Å²) >= 11 is 0. The Morgan fingerprint density at radius 2 is 1.85 bits per heavy atom. The van der Waals surface area contributed by atoms with Crippen LogP contribution in [0.3, 0.4) is 0 Å². The lowest BCUT2D eigenvalue weighted by Gasteiger charge is -2.30. The second-order valence-electron chi connectivity index (χ2n) is 7.14. The van der Waals surface area contributed by atoms with Gasteiger partial charge in [0, 0.05) is 18.7 Å². The van der Waals surface area contributed by atoms with E-state index >= 15 is 0 Å². The molecule has 1 amide bonds. The highest BCUT2D eigenvalue weighted by Crippen LogP contribution is 2.26. The summed E-state index contributed by atoms with van der Waals surface area (Å²) in [6.07, 6.45) is 2.05. The molecule has 0 aliphatic carbocycles. The van der Waals surface area contributed by atoms with Gasteiger partial charge in [0.25, 0.3) is 5.92 Å². The number of anilines is 1. The van der Waals surface area contributed by atoms with Crippen molar-refractivity contribution in [1.82, 2.24) is 10.2 Å². The van der Waals surface area contributed by atoms with Crippen LogP contribution in [0.15, 0.2) is 24.3 Å². The Morgan fingerprint density at radius 3 is 2.38 bits per heavy atom. The molecule has 2 fully saturated rings. The molecule has 0 radical (unpaired) electrons. The number of hydrogen-bond acceptors (Lipinski definition) is 3. The third-order valence-electron chi connectivity index (χ3n) is 4.93. The van der Waals surface area contributed by atoms with Crippen LogP contribution in [0.4, 0.5) is 14.5 Å². The van der Waals surface area contributed by atoms with E-state index in [0.717, 1.165) is 25.6 Å². The number of halogens is 4. The zero-order chi connectivity index (χ0) is 17.2. The molecule has 2 aliphatic rings. The van der Waals surface area contributed by atoms with Crippen LogP contribution in [0.5, 0.6) is 0 Å². The monoisotopic (exact) mass is 409 g/mol. The van der Waals surface area contributed by atoms with Gasteiger partial charge in [0.1, 0.15) is 0 Å². The zero-order valence-electron chi connectivity index (χ0n) is 14.8. The molecule has 0 spiro atoms. The summed E-state index contributed by atoms with van der Waals surface area (Å²) in [7, 11) is 0. The van der Waals surface area contributed by atoms with Gasteiger partial charge in [0.15, 0.2) is 0 Å². The molecule has 1 aromatic rings. The molecular weight excluding hydrogens is 383 g/mol. The Bertz CT molecular complexity index is 578. The maximum atomic E-state index is 13.1. The minimum Gasteiger partial charge on any atom is -0.325 e. The van der Waals surface area contributed by atoms with Crippen LogP contribution in [0.25, 0.3) is 0 Å². The fourth-order valence-electron chi connectivity index (χ4n) is 3.30. The number of carbonyl (C=O) groups is 1. The normalized spacial score (nSPS) is 23.0. The molecule has 4 nitrogen and oxygen atoms in total. The lowest BCUT2D eigenvalue weighted by atomic mass is 9.99. The lowest BCUT2D eigenvalue weighted by molar-refractivity contribution is -0.118. The summed E-state index contributed by atoms with van der Waals surface area (Å²) in [6.45, 7) is 5.03. The number of piperidine rings is 1. The Balaban J connectivity index is 0.00000169. The van der Waals surface area contributed by atoms with Crippen molar-refractivity contribution < 1.29 is 13.6 Å². The topological polar surface area (TPSA) is 44.4 Å². The van der Waals surface area contributed by atoms with Crippen molar-refractivity contribution >= 4 is 36.4 Å². The van der Waals surface area contributed by atoms with Crippen molar-refractivity contribution in [3.8, 4) is 0 Å². The molecule has 3 rings (SSSR count). The molecule has 26 heavy (non-hydrogen) atoms. The highest BCUT2D eigenvalue weighted by atomic mass is 35.5. The van der Waals surface area contributed by atoms with Crippen LogP contribution in [0, 0.1) is 5.92 Å². The maximum absolute atomic E-state index is 13.1. The van der Waals surface area contributed by atoms with Gasteiger partial charge < -0.3 is 5.32 Å². The van der Waals surface area contributed by atoms with E-state index in [1.165, 1.54) is 18.4 Å². The summed E-state index contributed by atoms with van der Waals surface area (Å²) < 4.78 is 26.3.